The summed E-state index contributed by atoms with van der Waals surface area (Å²) in [6, 6.07) is 0.932. The number of ether oxygens (including phenoxy) is 5. The van der Waals surface area contributed by atoms with E-state index in [-0.39, 0.29) is 40.7 Å². The van der Waals surface area contributed by atoms with Crippen molar-refractivity contribution in [3.8, 4) is 0 Å². The summed E-state index contributed by atoms with van der Waals surface area (Å²) >= 11 is 0. The van der Waals surface area contributed by atoms with E-state index in [0.717, 1.165) is 23.2 Å². The molecular formula is C34H49N12O24P4+. The lowest BCUT2D eigenvalue weighted by atomic mass is 9.99. The molecule has 8 rings (SSSR count). The Bertz CT molecular complexity index is 3260. The van der Waals surface area contributed by atoms with Gasteiger partial charge in [-0.3, -0.25) is 46.9 Å². The minimum Gasteiger partial charge on any atom is -0.387 e. The maximum Gasteiger partial charge on any atom is 0.490 e. The lowest BCUT2D eigenvalue weighted by molar-refractivity contribution is -0.745. The van der Waals surface area contributed by atoms with Gasteiger partial charge in [-0.05, 0) is 0 Å². The van der Waals surface area contributed by atoms with Crippen molar-refractivity contribution >= 4 is 65.2 Å². The molecule has 4 unspecified atom stereocenters. The Morgan fingerprint density at radius 2 is 1.38 bits per heavy atom. The Labute approximate surface area is 412 Å². The number of anilines is 2. The number of methoxy groups -OCH3 is 2. The molecule has 3 saturated heterocycles. The second kappa shape index (κ2) is 21.4. The molecule has 36 nitrogen and oxygen atoms in total. The van der Waals surface area contributed by atoms with Gasteiger partial charge in [-0.2, -0.15) is 8.62 Å². The molecule has 408 valence electrons. The van der Waals surface area contributed by atoms with Crippen LogP contribution in [0.2, 0.25) is 0 Å². The third-order valence-electron chi connectivity index (χ3n) is 11.9. The van der Waals surface area contributed by atoms with Gasteiger partial charge >= 0.3 is 42.4 Å². The zero-order valence-electron chi connectivity index (χ0n) is 38.4. The summed E-state index contributed by atoms with van der Waals surface area (Å²) in [4.78, 5) is 101. The molecule has 13 N–H and O–H groups in total. The average Bonchev–Trinajstić information content (AvgIpc) is 4.11. The highest BCUT2D eigenvalue weighted by molar-refractivity contribution is 7.66. The fourth-order valence-corrected chi connectivity index (χ4v) is 14.1. The number of nitrogens with one attached hydrogen (secondary N) is 2. The van der Waals surface area contributed by atoms with E-state index in [1.54, 1.807) is 0 Å². The molecule has 74 heavy (non-hydrogen) atoms. The smallest absolute Gasteiger partial charge is 0.387 e. The number of phosphoric acid groups is 3. The largest absolute Gasteiger partial charge is 0.490 e. The molecule has 5 aromatic heterocycles. The van der Waals surface area contributed by atoms with Crippen LogP contribution in [-0.4, -0.2) is 168 Å². The van der Waals surface area contributed by atoms with Gasteiger partial charge in [-0.1, -0.05) is 4.98 Å². The number of fused-ring (bicyclic) bond motifs is 2. The minimum atomic E-state index is -6.19. The summed E-state index contributed by atoms with van der Waals surface area (Å²) in [7, 11) is -19.3. The van der Waals surface area contributed by atoms with Crippen LogP contribution in [0.25, 0.3) is 22.3 Å². The number of aromatic nitrogens is 10. The summed E-state index contributed by atoms with van der Waals surface area (Å²) in [5.41, 5.74) is 7.48. The molecule has 5 aromatic rings. The summed E-state index contributed by atoms with van der Waals surface area (Å²) in [6.45, 7) is -3.90. The highest BCUT2D eigenvalue weighted by atomic mass is 31.3. The number of aryl methyl sites for hydroxylation is 1. The highest BCUT2D eigenvalue weighted by Gasteiger charge is 2.57. The first kappa shape index (κ1) is 55.6. The number of aliphatic hydroxyl groups is 3. The van der Waals surface area contributed by atoms with Crippen molar-refractivity contribution in [2.45, 2.75) is 61.0 Å². The van der Waals surface area contributed by atoms with Crippen LogP contribution in [-0.2, 0) is 71.2 Å². The molecular weight excluding hydrogens is 1080 g/mol. The minimum absolute atomic E-state index is 0.0202. The monoisotopic (exact) mass is 1130 g/mol. The van der Waals surface area contributed by atoms with Crippen molar-refractivity contribution in [1.82, 2.24) is 43.6 Å². The molecule has 16 atom stereocenters. The summed E-state index contributed by atoms with van der Waals surface area (Å²) in [6.07, 6.45) is -9.80. The van der Waals surface area contributed by atoms with Gasteiger partial charge in [0.1, 0.15) is 42.5 Å². The SMILES string of the molecule is COC[C@@H]1[C@H](P(=O)(O)OC[C@H]2O[C@@H](n3ccc(=O)[nH]c3=O)[C@H](O)[C@@H]2O)[C@@H](COP(=O)(O)OP(=O)(O)OP(=O)(O)OC[C@H]2O[C@@H]([n+]3cn(C)c4c(=O)[nH]c(N)nc43)[C@H](O)[C@@H]2COC)O[C@H]1n1cnc2c(N)ncnc21. The molecule has 0 aliphatic carbocycles. The number of H-pyrrole nitrogens is 2. The number of rotatable bonds is 21. The first-order valence-corrected chi connectivity index (χ1v) is 27.5. The van der Waals surface area contributed by atoms with Crippen LogP contribution in [0.5, 0.6) is 0 Å². The molecule has 0 spiro atoms. The maximum atomic E-state index is 14.4. The zero-order chi connectivity index (χ0) is 53.8. The highest BCUT2D eigenvalue weighted by Crippen LogP contribution is 2.68. The Hall–Kier alpha value is -4.58. The predicted molar refractivity (Wildman–Crippen MR) is 241 cm³/mol. The van der Waals surface area contributed by atoms with Gasteiger partial charge in [-0.25, -0.2) is 38.0 Å². The second-order valence-corrected chi connectivity index (χ2v) is 23.4. The van der Waals surface area contributed by atoms with Gasteiger partial charge < -0.3 is 74.6 Å². The number of nitrogen functional groups attached to an aromatic ring is 2. The summed E-state index contributed by atoms with van der Waals surface area (Å²) < 4.78 is 111. The normalized spacial score (nSPS) is 30.6. The van der Waals surface area contributed by atoms with Crippen molar-refractivity contribution < 1.29 is 104 Å². The topological polar surface area (TPSA) is 507 Å². The molecule has 8 heterocycles. The Morgan fingerprint density at radius 3 is 2.04 bits per heavy atom. The van der Waals surface area contributed by atoms with E-state index in [1.807, 2.05) is 4.98 Å². The van der Waals surface area contributed by atoms with E-state index in [9.17, 15) is 67.5 Å². The molecule has 0 radical (unpaired) electrons. The second-order valence-electron chi connectivity index (χ2n) is 16.8. The van der Waals surface area contributed by atoms with E-state index < -0.39 is 147 Å². The van der Waals surface area contributed by atoms with E-state index >= 15 is 0 Å². The zero-order valence-corrected chi connectivity index (χ0v) is 42.0. The number of hydrogen-bond acceptors (Lipinski definition) is 26. The Kier molecular flexibility index (Phi) is 16.1. The predicted octanol–water partition coefficient (Wildman–Crippen LogP) is -3.66. The van der Waals surface area contributed by atoms with Crippen LogP contribution in [0.3, 0.4) is 0 Å². The van der Waals surface area contributed by atoms with Crippen molar-refractivity contribution in [2.75, 3.05) is 58.7 Å². The van der Waals surface area contributed by atoms with Gasteiger partial charge in [0.25, 0.3) is 17.1 Å². The molecule has 40 heteroatoms. The fourth-order valence-electron chi connectivity index (χ4n) is 8.78. The number of aromatic amines is 2. The van der Waals surface area contributed by atoms with E-state index in [2.05, 4.69) is 33.5 Å². The van der Waals surface area contributed by atoms with Crippen LogP contribution in [0.4, 0.5) is 11.8 Å². The van der Waals surface area contributed by atoms with Gasteiger partial charge in [0, 0.05) is 38.3 Å². The number of nitrogens with zero attached hydrogens (tertiary/aromatic N) is 8. The van der Waals surface area contributed by atoms with Crippen molar-refractivity contribution in [2.24, 2.45) is 18.9 Å². The first-order valence-electron chi connectivity index (χ1n) is 21.4. The standard InChI is InChI=1S/C34H48N12O24P4/c1-43-13-46(28-21(43)29(51)42-33(36)41-28)31-22(48)14(6-61-2)16(66-31)8-64-72(55,56)69-74(59,60)70-73(57,58)65-10-18-25(15(7-62-3)30(68-18)45-12-39-20-26(35)37-11-38-27(20)45)71(53,54)63-9-17-23(49)24(50)32(67-17)44-5-4-19(47)40-34(44)52/h4-5,11-18,22-25,30-32,48-50H,6-10H2,1-3H3,(H9-,35,36,37,38,40,41,42,47,51,52,53,54,55,56,57,58,59,60)/p+1/t14-,15-,16-,17-,18-,22-,23-,24-,25+,30-,31-,32-/m1/s1. The van der Waals surface area contributed by atoms with Crippen LogP contribution < -0.4 is 32.8 Å². The van der Waals surface area contributed by atoms with E-state index in [0.29, 0.717) is 0 Å². The quantitative estimate of drug-likeness (QED) is 0.0249. The molecule has 0 saturated carbocycles. The Morgan fingerprint density at radius 1 is 0.743 bits per heavy atom. The van der Waals surface area contributed by atoms with Gasteiger partial charge in [0.05, 0.1) is 64.3 Å². The number of nitrogens with two attached hydrogens (primary N) is 2. The lowest BCUT2D eigenvalue weighted by Crippen LogP contribution is -2.45. The third kappa shape index (κ3) is 11.4. The molecule has 0 aromatic carbocycles. The van der Waals surface area contributed by atoms with Crippen molar-refractivity contribution in [3.63, 3.8) is 0 Å². The average molecular weight is 1130 g/mol. The van der Waals surface area contributed by atoms with Crippen LogP contribution >= 0.6 is 31.1 Å². The first-order chi connectivity index (χ1) is 34.7. The molecule has 3 aliphatic rings. The van der Waals surface area contributed by atoms with Gasteiger partial charge in [0.2, 0.25) is 11.7 Å². The maximum absolute atomic E-state index is 14.4. The van der Waals surface area contributed by atoms with Gasteiger partial charge in [0.15, 0.2) is 24.0 Å². The summed E-state index contributed by atoms with van der Waals surface area (Å²) in [5.74, 6) is -2.70. The molecule has 0 amide bonds. The van der Waals surface area contributed by atoms with E-state index in [1.165, 1.54) is 47.6 Å². The molecule has 0 bridgehead atoms. The summed E-state index contributed by atoms with van der Waals surface area (Å²) in [5, 5.41) is 32.8. The molecule has 3 fully saturated rings. The third-order valence-corrected chi connectivity index (χ3v) is 18.2. The number of hydrogen-bond donors (Lipinski definition) is 11. The Balaban J connectivity index is 0.967. The van der Waals surface area contributed by atoms with Gasteiger partial charge in [-0.15, -0.1) is 0 Å². The number of imidazole rings is 2. The van der Waals surface area contributed by atoms with Crippen molar-refractivity contribution in [3.05, 3.63) is 62.4 Å². The lowest BCUT2D eigenvalue weighted by Gasteiger charge is -2.28. The molecule has 3 aliphatic heterocycles. The number of phosphoric ester groups is 2. The van der Waals surface area contributed by atoms with Crippen LogP contribution in [0, 0.1) is 11.8 Å². The van der Waals surface area contributed by atoms with Crippen molar-refractivity contribution in [1.29, 1.82) is 0 Å². The van der Waals surface area contributed by atoms with E-state index in [4.69, 9.17) is 48.7 Å². The number of aliphatic hydroxyl groups excluding tert-OH is 3. The van der Waals surface area contributed by atoms with Crippen LogP contribution in [0.15, 0.2) is 45.6 Å². The fraction of sp³-hybridized carbons (Fsp3) is 0.588. The van der Waals surface area contributed by atoms with Crippen LogP contribution in [0.1, 0.15) is 18.7 Å².